The van der Waals surface area contributed by atoms with Gasteiger partial charge in [-0.1, -0.05) is 6.07 Å². The van der Waals surface area contributed by atoms with Crippen molar-refractivity contribution in [2.75, 3.05) is 19.9 Å². The van der Waals surface area contributed by atoms with Crippen molar-refractivity contribution in [1.29, 1.82) is 0 Å². The van der Waals surface area contributed by atoms with Crippen LogP contribution in [0, 0.1) is 13.8 Å². The van der Waals surface area contributed by atoms with Gasteiger partial charge in [0.05, 0.1) is 13.1 Å². The lowest BCUT2D eigenvalue weighted by atomic mass is 9.96. The van der Waals surface area contributed by atoms with Crippen molar-refractivity contribution in [3.05, 3.63) is 46.9 Å². The van der Waals surface area contributed by atoms with E-state index in [-0.39, 0.29) is 6.79 Å². The summed E-state index contributed by atoms with van der Waals surface area (Å²) >= 11 is 0. The molecule has 1 unspecified atom stereocenters. The van der Waals surface area contributed by atoms with Crippen molar-refractivity contribution in [3.63, 3.8) is 0 Å². The number of fused-ring (bicyclic) bond motifs is 1. The SMILES string of the molecule is CCNC(=NCc1ccc2c(c1)OCO2)NCC(C)(O)c1cc(C)oc1C. The molecule has 0 fully saturated rings. The Bertz CT molecular complexity index is 827. The van der Waals surface area contributed by atoms with Gasteiger partial charge >= 0.3 is 0 Å². The van der Waals surface area contributed by atoms with Crippen LogP contribution in [-0.2, 0) is 12.1 Å². The van der Waals surface area contributed by atoms with Gasteiger partial charge in [-0.15, -0.1) is 0 Å². The smallest absolute Gasteiger partial charge is 0.231 e. The summed E-state index contributed by atoms with van der Waals surface area (Å²) in [5.74, 6) is 3.64. The molecule has 7 heteroatoms. The summed E-state index contributed by atoms with van der Waals surface area (Å²) in [6.07, 6.45) is 0. The predicted molar refractivity (Wildman–Crippen MR) is 103 cm³/mol. The molecule has 0 bridgehead atoms. The third-order valence-electron chi connectivity index (χ3n) is 4.42. The van der Waals surface area contributed by atoms with Gasteiger partial charge in [0.25, 0.3) is 0 Å². The third-order valence-corrected chi connectivity index (χ3v) is 4.42. The number of guanidine groups is 1. The Morgan fingerprint density at radius 2 is 1.96 bits per heavy atom. The van der Waals surface area contributed by atoms with E-state index in [0.717, 1.165) is 40.7 Å². The number of benzene rings is 1. The highest BCUT2D eigenvalue weighted by Crippen LogP contribution is 2.32. The van der Waals surface area contributed by atoms with E-state index in [2.05, 4.69) is 15.6 Å². The van der Waals surface area contributed by atoms with Gasteiger partial charge in [0.15, 0.2) is 17.5 Å². The van der Waals surface area contributed by atoms with Crippen LogP contribution in [-0.4, -0.2) is 30.9 Å². The van der Waals surface area contributed by atoms with Crippen LogP contribution in [0.1, 0.15) is 36.5 Å². The largest absolute Gasteiger partial charge is 0.466 e. The molecule has 0 saturated carbocycles. The first-order chi connectivity index (χ1) is 12.9. The normalized spacial score (nSPS) is 15.5. The molecule has 2 aromatic rings. The maximum atomic E-state index is 10.9. The molecule has 3 N–H and O–H groups in total. The first-order valence-corrected chi connectivity index (χ1v) is 9.09. The molecule has 3 rings (SSSR count). The van der Waals surface area contributed by atoms with Crippen LogP contribution in [0.3, 0.4) is 0 Å². The van der Waals surface area contributed by atoms with Gasteiger partial charge in [0.1, 0.15) is 17.1 Å². The average Bonchev–Trinajstić information content (AvgIpc) is 3.23. The summed E-state index contributed by atoms with van der Waals surface area (Å²) in [6, 6.07) is 7.66. The Hall–Kier alpha value is -2.67. The van der Waals surface area contributed by atoms with Crippen LogP contribution < -0.4 is 20.1 Å². The van der Waals surface area contributed by atoms with E-state index >= 15 is 0 Å². The first-order valence-electron chi connectivity index (χ1n) is 9.09. The second-order valence-electron chi connectivity index (χ2n) is 6.84. The second kappa shape index (κ2) is 7.92. The molecule has 146 valence electrons. The molecule has 1 atom stereocenters. The number of ether oxygens (including phenoxy) is 2. The lowest BCUT2D eigenvalue weighted by Gasteiger charge is -2.24. The zero-order chi connectivity index (χ0) is 19.4. The predicted octanol–water partition coefficient (Wildman–Crippen LogP) is 2.59. The van der Waals surface area contributed by atoms with Crippen LogP contribution in [0.25, 0.3) is 0 Å². The van der Waals surface area contributed by atoms with Crippen molar-refractivity contribution >= 4 is 5.96 Å². The van der Waals surface area contributed by atoms with Crippen molar-refractivity contribution in [2.45, 2.75) is 39.8 Å². The van der Waals surface area contributed by atoms with Crippen LogP contribution in [0.2, 0.25) is 0 Å². The molecule has 0 radical (unpaired) electrons. The molecule has 1 aliphatic rings. The highest BCUT2D eigenvalue weighted by molar-refractivity contribution is 5.79. The third kappa shape index (κ3) is 4.54. The van der Waals surface area contributed by atoms with E-state index in [1.807, 2.05) is 45.0 Å². The Kier molecular flexibility index (Phi) is 5.60. The zero-order valence-corrected chi connectivity index (χ0v) is 16.3. The molecule has 7 nitrogen and oxygen atoms in total. The molecule has 1 aliphatic heterocycles. The monoisotopic (exact) mass is 373 g/mol. The number of aryl methyl sites for hydroxylation is 2. The topological polar surface area (TPSA) is 88.3 Å². The van der Waals surface area contributed by atoms with Crippen molar-refractivity contribution in [2.24, 2.45) is 4.99 Å². The Labute approximate surface area is 159 Å². The molecule has 2 heterocycles. The highest BCUT2D eigenvalue weighted by atomic mass is 16.7. The molecule has 1 aromatic carbocycles. The molecule has 1 aromatic heterocycles. The second-order valence-corrected chi connectivity index (χ2v) is 6.84. The van der Waals surface area contributed by atoms with E-state index in [1.165, 1.54) is 0 Å². The fourth-order valence-corrected chi connectivity index (χ4v) is 3.07. The number of nitrogens with one attached hydrogen (secondary N) is 2. The Morgan fingerprint density at radius 3 is 2.67 bits per heavy atom. The number of rotatable bonds is 6. The fourth-order valence-electron chi connectivity index (χ4n) is 3.07. The van der Waals surface area contributed by atoms with Crippen LogP contribution in [0.5, 0.6) is 11.5 Å². The summed E-state index contributed by atoms with van der Waals surface area (Å²) in [4.78, 5) is 4.60. The summed E-state index contributed by atoms with van der Waals surface area (Å²) in [6.45, 7) is 9.26. The van der Waals surface area contributed by atoms with Gasteiger partial charge in [-0.05, 0) is 51.5 Å². The van der Waals surface area contributed by atoms with Gasteiger partial charge in [0, 0.05) is 12.1 Å². The molecule has 0 spiro atoms. The molecule has 0 saturated heterocycles. The van der Waals surface area contributed by atoms with Crippen molar-refractivity contribution in [3.8, 4) is 11.5 Å². The Morgan fingerprint density at radius 1 is 1.19 bits per heavy atom. The molecular weight excluding hydrogens is 346 g/mol. The van der Waals surface area contributed by atoms with Crippen molar-refractivity contribution < 1.29 is 19.0 Å². The zero-order valence-electron chi connectivity index (χ0n) is 16.3. The molecule has 27 heavy (non-hydrogen) atoms. The Balaban J connectivity index is 1.66. The minimum absolute atomic E-state index is 0.258. The quantitative estimate of drug-likeness (QED) is 0.533. The summed E-state index contributed by atoms with van der Waals surface area (Å²) in [7, 11) is 0. The summed E-state index contributed by atoms with van der Waals surface area (Å²) in [5, 5.41) is 17.3. The average molecular weight is 373 g/mol. The molecule has 0 amide bonds. The van der Waals surface area contributed by atoms with Gasteiger partial charge in [0.2, 0.25) is 6.79 Å². The van der Waals surface area contributed by atoms with Gasteiger partial charge in [-0.3, -0.25) is 0 Å². The van der Waals surface area contributed by atoms with E-state index in [0.29, 0.717) is 19.0 Å². The van der Waals surface area contributed by atoms with Crippen LogP contribution in [0.4, 0.5) is 0 Å². The number of hydrogen-bond acceptors (Lipinski definition) is 5. The van der Waals surface area contributed by atoms with E-state index in [4.69, 9.17) is 13.9 Å². The summed E-state index contributed by atoms with van der Waals surface area (Å²) in [5.41, 5.74) is 0.722. The standard InChI is InChI=1S/C20H27N3O4/c1-5-21-19(22-10-15-6-7-17-18(9-15)26-12-25-17)23-11-20(4,24)16-8-13(2)27-14(16)3/h6-9,24H,5,10-12H2,1-4H3,(H2,21,22,23). The van der Waals surface area contributed by atoms with Gasteiger partial charge < -0.3 is 29.6 Å². The number of nitrogens with zero attached hydrogens (tertiary/aromatic N) is 1. The lowest BCUT2D eigenvalue weighted by Crippen LogP contribution is -2.44. The number of aliphatic hydroxyl groups is 1. The summed E-state index contributed by atoms with van der Waals surface area (Å²) < 4.78 is 16.3. The lowest BCUT2D eigenvalue weighted by molar-refractivity contribution is 0.0601. The maximum Gasteiger partial charge on any atom is 0.231 e. The minimum atomic E-state index is -1.07. The van der Waals surface area contributed by atoms with Crippen molar-refractivity contribution in [1.82, 2.24) is 10.6 Å². The minimum Gasteiger partial charge on any atom is -0.466 e. The van der Waals surface area contributed by atoms with Crippen LogP contribution in [0.15, 0.2) is 33.7 Å². The van der Waals surface area contributed by atoms with Gasteiger partial charge in [-0.2, -0.15) is 0 Å². The number of hydrogen-bond donors (Lipinski definition) is 3. The maximum absolute atomic E-state index is 10.9. The fraction of sp³-hybridized carbons (Fsp3) is 0.450. The molecular formula is C20H27N3O4. The van der Waals surface area contributed by atoms with E-state index < -0.39 is 5.60 Å². The number of furan rings is 1. The van der Waals surface area contributed by atoms with E-state index in [1.54, 1.807) is 6.92 Å². The van der Waals surface area contributed by atoms with Gasteiger partial charge in [-0.25, -0.2) is 4.99 Å². The number of aliphatic imine (C=N–C) groups is 1. The van der Waals surface area contributed by atoms with Crippen LogP contribution >= 0.6 is 0 Å². The first kappa shape index (κ1) is 19.1. The van der Waals surface area contributed by atoms with E-state index in [9.17, 15) is 5.11 Å². The molecule has 0 aliphatic carbocycles. The highest BCUT2D eigenvalue weighted by Gasteiger charge is 2.27.